The van der Waals surface area contributed by atoms with E-state index in [1.54, 1.807) is 0 Å². The monoisotopic (exact) mass is 446 g/mol. The lowest BCUT2D eigenvalue weighted by molar-refractivity contribution is -0.276. The molecule has 2 heterocycles. The summed E-state index contributed by atoms with van der Waals surface area (Å²) >= 11 is 0. The van der Waals surface area contributed by atoms with Crippen LogP contribution in [-0.4, -0.2) is 40.4 Å². The van der Waals surface area contributed by atoms with Crippen molar-refractivity contribution in [3.63, 3.8) is 0 Å². The topological polar surface area (TPSA) is 58.9 Å². The van der Waals surface area contributed by atoms with Crippen molar-refractivity contribution in [1.82, 2.24) is 0 Å². The van der Waals surface area contributed by atoms with Gasteiger partial charge in [-0.1, -0.05) is 34.6 Å². The molecule has 2 N–H and O–H groups in total. The maximum atomic E-state index is 11.9. The minimum atomic E-state index is -0.714. The van der Waals surface area contributed by atoms with Crippen LogP contribution >= 0.6 is 0 Å². The molecule has 0 aromatic carbocycles. The Morgan fingerprint density at radius 3 is 2.41 bits per heavy atom. The molecule has 32 heavy (non-hydrogen) atoms. The molecular formula is C28H46O4. The number of aliphatic hydroxyl groups excluding tert-OH is 1. The molecule has 6 fully saturated rings. The molecule has 182 valence electrons. The van der Waals surface area contributed by atoms with Crippen LogP contribution in [0.4, 0.5) is 0 Å². The standard InChI is InChI=1S/C28H46O4/c1-16-6-11-28(31-15-16)18(3)24-23(32-28)13-22-20-12-17(2)27(30)14-19(29)7-10-26(27,5)21(20)8-9-25(22,24)4/h16-24,29-30H,6-15H2,1-5H3. The second kappa shape index (κ2) is 6.95. The largest absolute Gasteiger partial charge is 0.393 e. The quantitative estimate of drug-likeness (QED) is 0.540. The van der Waals surface area contributed by atoms with E-state index in [2.05, 4.69) is 34.6 Å². The van der Waals surface area contributed by atoms with Gasteiger partial charge in [0.15, 0.2) is 5.79 Å². The highest BCUT2D eigenvalue weighted by molar-refractivity contribution is 5.19. The van der Waals surface area contributed by atoms with E-state index in [4.69, 9.17) is 9.47 Å². The Balaban J connectivity index is 1.30. The fourth-order valence-corrected chi connectivity index (χ4v) is 10.7. The maximum absolute atomic E-state index is 11.9. The smallest absolute Gasteiger partial charge is 0.171 e. The number of aliphatic hydroxyl groups is 2. The Morgan fingerprint density at radius 1 is 0.906 bits per heavy atom. The van der Waals surface area contributed by atoms with Crippen LogP contribution in [0.15, 0.2) is 0 Å². The van der Waals surface area contributed by atoms with Gasteiger partial charge in [0.1, 0.15) is 0 Å². The summed E-state index contributed by atoms with van der Waals surface area (Å²) in [5, 5.41) is 22.3. The molecule has 6 rings (SSSR count). The summed E-state index contributed by atoms with van der Waals surface area (Å²) in [6.45, 7) is 12.8. The summed E-state index contributed by atoms with van der Waals surface area (Å²) in [6.07, 6.45) is 9.42. The van der Waals surface area contributed by atoms with Crippen LogP contribution in [0.2, 0.25) is 0 Å². The van der Waals surface area contributed by atoms with Gasteiger partial charge >= 0.3 is 0 Å². The molecule has 2 aliphatic heterocycles. The van der Waals surface area contributed by atoms with Gasteiger partial charge in [0.25, 0.3) is 0 Å². The third kappa shape index (κ3) is 2.65. The molecule has 4 aliphatic carbocycles. The van der Waals surface area contributed by atoms with E-state index in [1.165, 1.54) is 25.7 Å². The van der Waals surface area contributed by atoms with Crippen LogP contribution in [0.5, 0.6) is 0 Å². The highest BCUT2D eigenvalue weighted by atomic mass is 16.7. The highest BCUT2D eigenvalue weighted by Crippen LogP contribution is 2.72. The molecule has 6 aliphatic rings. The number of fused-ring (bicyclic) bond motifs is 7. The molecule has 4 nitrogen and oxygen atoms in total. The van der Waals surface area contributed by atoms with E-state index in [-0.39, 0.29) is 23.2 Å². The maximum Gasteiger partial charge on any atom is 0.171 e. The van der Waals surface area contributed by atoms with Crippen molar-refractivity contribution in [2.75, 3.05) is 6.61 Å². The fraction of sp³-hybridized carbons (Fsp3) is 1.00. The zero-order chi connectivity index (χ0) is 22.7. The molecular weight excluding hydrogens is 400 g/mol. The van der Waals surface area contributed by atoms with Crippen molar-refractivity contribution >= 4 is 0 Å². The zero-order valence-electron chi connectivity index (χ0n) is 21.0. The van der Waals surface area contributed by atoms with E-state index >= 15 is 0 Å². The highest BCUT2D eigenvalue weighted by Gasteiger charge is 2.71. The van der Waals surface area contributed by atoms with E-state index in [1.807, 2.05) is 0 Å². The third-order valence-corrected chi connectivity index (χ3v) is 12.5. The lowest BCUT2D eigenvalue weighted by Crippen LogP contribution is -2.66. The Kier molecular flexibility index (Phi) is 4.85. The van der Waals surface area contributed by atoms with Gasteiger partial charge in [-0.2, -0.15) is 0 Å². The molecule has 2 saturated heterocycles. The number of ether oxygens (including phenoxy) is 2. The van der Waals surface area contributed by atoms with Crippen molar-refractivity contribution in [2.45, 2.75) is 116 Å². The summed E-state index contributed by atoms with van der Waals surface area (Å²) in [4.78, 5) is 0. The Labute approximate surface area is 194 Å². The molecule has 0 bridgehead atoms. The van der Waals surface area contributed by atoms with Crippen molar-refractivity contribution in [1.29, 1.82) is 0 Å². The van der Waals surface area contributed by atoms with Gasteiger partial charge in [-0.3, -0.25) is 0 Å². The summed E-state index contributed by atoms with van der Waals surface area (Å²) in [5.41, 5.74) is -0.459. The molecule has 4 saturated carbocycles. The van der Waals surface area contributed by atoms with Crippen LogP contribution < -0.4 is 0 Å². The Bertz CT molecular complexity index is 761. The summed E-state index contributed by atoms with van der Waals surface area (Å²) in [7, 11) is 0. The Morgan fingerprint density at radius 2 is 1.69 bits per heavy atom. The average Bonchev–Trinajstić information content (AvgIpc) is 3.18. The zero-order valence-corrected chi connectivity index (χ0v) is 21.0. The average molecular weight is 447 g/mol. The first-order valence-corrected chi connectivity index (χ1v) is 13.8. The van der Waals surface area contributed by atoms with E-state index in [0.717, 1.165) is 32.3 Å². The summed E-state index contributed by atoms with van der Waals surface area (Å²) in [5.74, 6) is 3.56. The minimum absolute atomic E-state index is 0.0656. The van der Waals surface area contributed by atoms with Crippen LogP contribution in [0.1, 0.15) is 92.4 Å². The van der Waals surface area contributed by atoms with Crippen LogP contribution in [-0.2, 0) is 9.47 Å². The van der Waals surface area contributed by atoms with E-state index < -0.39 is 5.60 Å². The third-order valence-electron chi connectivity index (χ3n) is 12.5. The number of hydrogen-bond donors (Lipinski definition) is 2. The van der Waals surface area contributed by atoms with Crippen molar-refractivity contribution in [2.24, 2.45) is 52.3 Å². The van der Waals surface area contributed by atoms with E-state index in [0.29, 0.717) is 53.4 Å². The molecule has 13 atom stereocenters. The van der Waals surface area contributed by atoms with E-state index in [9.17, 15) is 10.2 Å². The lowest BCUT2D eigenvalue weighted by atomic mass is 9.41. The molecule has 0 aromatic heterocycles. The second-order valence-corrected chi connectivity index (χ2v) is 13.8. The van der Waals surface area contributed by atoms with Crippen LogP contribution in [0, 0.1) is 52.3 Å². The molecule has 4 heteroatoms. The van der Waals surface area contributed by atoms with Gasteiger partial charge < -0.3 is 19.7 Å². The first-order chi connectivity index (χ1) is 15.0. The minimum Gasteiger partial charge on any atom is -0.393 e. The fourth-order valence-electron chi connectivity index (χ4n) is 10.7. The molecule has 1 spiro atoms. The van der Waals surface area contributed by atoms with Gasteiger partial charge in [-0.15, -0.1) is 0 Å². The number of rotatable bonds is 0. The van der Waals surface area contributed by atoms with Gasteiger partial charge in [-0.25, -0.2) is 0 Å². The normalized spacial score (nSPS) is 64.0. The number of hydrogen-bond acceptors (Lipinski definition) is 4. The molecule has 13 unspecified atom stereocenters. The van der Waals surface area contributed by atoms with Gasteiger partial charge in [0, 0.05) is 18.8 Å². The van der Waals surface area contributed by atoms with Gasteiger partial charge in [-0.05, 0) is 91.3 Å². The van der Waals surface area contributed by atoms with Crippen LogP contribution in [0.3, 0.4) is 0 Å². The SMILES string of the molecule is CC1CCC2(OC1)OC1CC3C4CC(C)C5(O)CC(O)CCC5(C)C4CCC3(C)C1C2C. The van der Waals surface area contributed by atoms with Gasteiger partial charge in [0.05, 0.1) is 24.4 Å². The van der Waals surface area contributed by atoms with Crippen molar-refractivity contribution in [3.05, 3.63) is 0 Å². The second-order valence-electron chi connectivity index (χ2n) is 13.8. The van der Waals surface area contributed by atoms with Crippen molar-refractivity contribution < 1.29 is 19.7 Å². The van der Waals surface area contributed by atoms with Crippen molar-refractivity contribution in [3.8, 4) is 0 Å². The van der Waals surface area contributed by atoms with Crippen LogP contribution in [0.25, 0.3) is 0 Å². The molecule has 0 amide bonds. The predicted octanol–water partition coefficient (Wildman–Crippen LogP) is 5.15. The Hall–Kier alpha value is -0.160. The first kappa shape index (κ1) is 22.3. The molecule has 0 radical (unpaired) electrons. The summed E-state index contributed by atoms with van der Waals surface area (Å²) in [6, 6.07) is 0. The molecule has 0 aromatic rings. The van der Waals surface area contributed by atoms with Gasteiger partial charge in [0.2, 0.25) is 0 Å². The summed E-state index contributed by atoms with van der Waals surface area (Å²) < 4.78 is 13.4. The predicted molar refractivity (Wildman–Crippen MR) is 124 cm³/mol. The first-order valence-electron chi connectivity index (χ1n) is 13.8. The lowest BCUT2D eigenvalue weighted by Gasteiger charge is -2.66.